The summed E-state index contributed by atoms with van der Waals surface area (Å²) in [7, 11) is 1.12. The number of esters is 1. The summed E-state index contributed by atoms with van der Waals surface area (Å²) in [6.07, 6.45) is -1.60. The highest BCUT2D eigenvalue weighted by molar-refractivity contribution is 5.77. The van der Waals surface area contributed by atoms with Gasteiger partial charge < -0.3 is 20.1 Å². The molecule has 0 saturated carbocycles. The van der Waals surface area contributed by atoms with Gasteiger partial charge >= 0.3 is 5.97 Å². The molecule has 1 aromatic rings. The van der Waals surface area contributed by atoms with Gasteiger partial charge in [-0.15, -0.1) is 0 Å². The summed E-state index contributed by atoms with van der Waals surface area (Å²) in [6, 6.07) is 2.39. The van der Waals surface area contributed by atoms with Crippen LogP contribution in [-0.2, 0) is 9.53 Å². The average molecular weight is 212 g/mol. The molecular weight excluding hydrogens is 200 g/mol. The zero-order valence-electron chi connectivity index (χ0n) is 8.39. The number of carbonyl (C=O) groups excluding carboxylic acids is 1. The van der Waals surface area contributed by atoms with Gasteiger partial charge in [0.05, 0.1) is 7.11 Å². The lowest BCUT2D eigenvalue weighted by molar-refractivity contribution is -0.150. The predicted molar refractivity (Wildman–Crippen MR) is 51.5 cm³/mol. The minimum atomic E-state index is -1.60. The van der Waals surface area contributed by atoms with E-state index in [1.54, 1.807) is 6.92 Å². The number of ether oxygens (including phenoxy) is 1. The van der Waals surface area contributed by atoms with E-state index in [0.29, 0.717) is 5.56 Å². The van der Waals surface area contributed by atoms with Crippen molar-refractivity contribution < 1.29 is 24.9 Å². The lowest BCUT2D eigenvalue weighted by Crippen LogP contribution is -2.13. The maximum absolute atomic E-state index is 11.0. The number of aliphatic hydroxyl groups is 1. The van der Waals surface area contributed by atoms with E-state index < -0.39 is 12.1 Å². The SMILES string of the molecule is COC(=O)C(O)c1cc(O)c(C)cc1O. The van der Waals surface area contributed by atoms with Crippen molar-refractivity contribution in [3.63, 3.8) is 0 Å². The summed E-state index contributed by atoms with van der Waals surface area (Å²) in [6.45, 7) is 1.59. The van der Waals surface area contributed by atoms with Crippen LogP contribution in [0.15, 0.2) is 12.1 Å². The van der Waals surface area contributed by atoms with Crippen molar-refractivity contribution >= 4 is 5.97 Å². The predicted octanol–water partition coefficient (Wildman–Crippen LogP) is 0.613. The number of methoxy groups -OCH3 is 1. The molecule has 3 N–H and O–H groups in total. The number of hydrogen-bond donors (Lipinski definition) is 3. The molecule has 0 fully saturated rings. The Morgan fingerprint density at radius 2 is 1.93 bits per heavy atom. The van der Waals surface area contributed by atoms with Crippen molar-refractivity contribution in [2.24, 2.45) is 0 Å². The molecule has 1 rings (SSSR count). The number of phenols is 2. The first-order chi connectivity index (χ1) is 6.97. The van der Waals surface area contributed by atoms with Crippen molar-refractivity contribution in [3.8, 4) is 11.5 Å². The summed E-state index contributed by atoms with van der Waals surface area (Å²) >= 11 is 0. The van der Waals surface area contributed by atoms with Crippen LogP contribution in [0, 0.1) is 6.92 Å². The zero-order chi connectivity index (χ0) is 11.6. The molecule has 0 aliphatic carbocycles. The Morgan fingerprint density at radius 1 is 1.33 bits per heavy atom. The number of hydrogen-bond acceptors (Lipinski definition) is 5. The van der Waals surface area contributed by atoms with Crippen LogP contribution < -0.4 is 0 Å². The fraction of sp³-hybridized carbons (Fsp3) is 0.300. The summed E-state index contributed by atoms with van der Waals surface area (Å²) in [4.78, 5) is 11.0. The summed E-state index contributed by atoms with van der Waals surface area (Å²) in [5, 5.41) is 28.2. The minimum Gasteiger partial charge on any atom is -0.508 e. The van der Waals surface area contributed by atoms with Crippen LogP contribution in [0.2, 0.25) is 0 Å². The Hall–Kier alpha value is -1.75. The first-order valence-electron chi connectivity index (χ1n) is 4.25. The van der Waals surface area contributed by atoms with Crippen LogP contribution in [0.25, 0.3) is 0 Å². The van der Waals surface area contributed by atoms with Gasteiger partial charge in [-0.25, -0.2) is 4.79 Å². The molecule has 0 spiro atoms. The van der Waals surface area contributed by atoms with Crippen molar-refractivity contribution in [2.75, 3.05) is 7.11 Å². The third kappa shape index (κ3) is 2.19. The average Bonchev–Trinajstić information content (AvgIpc) is 2.21. The Bertz CT molecular complexity index is 386. The Kier molecular flexibility index (Phi) is 3.16. The van der Waals surface area contributed by atoms with E-state index in [0.717, 1.165) is 13.2 Å². The molecule has 0 radical (unpaired) electrons. The fourth-order valence-corrected chi connectivity index (χ4v) is 1.16. The smallest absolute Gasteiger partial charge is 0.339 e. The van der Waals surface area contributed by atoms with Gasteiger partial charge in [0.2, 0.25) is 0 Å². The molecule has 0 heterocycles. The topological polar surface area (TPSA) is 87.0 Å². The Labute approximate surface area is 86.5 Å². The van der Waals surface area contributed by atoms with Gasteiger partial charge in [-0.3, -0.25) is 0 Å². The van der Waals surface area contributed by atoms with Gasteiger partial charge in [-0.2, -0.15) is 0 Å². The van der Waals surface area contributed by atoms with Gasteiger partial charge in [0.1, 0.15) is 11.5 Å². The molecule has 5 nitrogen and oxygen atoms in total. The molecule has 1 atom stereocenters. The van der Waals surface area contributed by atoms with Crippen LogP contribution in [0.4, 0.5) is 0 Å². The molecule has 0 aromatic heterocycles. The highest BCUT2D eigenvalue weighted by Gasteiger charge is 2.22. The van der Waals surface area contributed by atoms with E-state index >= 15 is 0 Å². The number of aliphatic hydroxyl groups excluding tert-OH is 1. The van der Waals surface area contributed by atoms with Crippen LogP contribution in [0.5, 0.6) is 11.5 Å². The van der Waals surface area contributed by atoms with Crippen LogP contribution in [-0.4, -0.2) is 28.4 Å². The quantitative estimate of drug-likeness (QED) is 0.494. The molecule has 0 bridgehead atoms. The molecule has 1 aromatic carbocycles. The maximum atomic E-state index is 11.0. The summed E-state index contributed by atoms with van der Waals surface area (Å²) in [5.74, 6) is -1.26. The second kappa shape index (κ2) is 4.18. The molecule has 82 valence electrons. The van der Waals surface area contributed by atoms with Crippen molar-refractivity contribution in [1.29, 1.82) is 0 Å². The second-order valence-corrected chi connectivity index (χ2v) is 3.12. The largest absolute Gasteiger partial charge is 0.508 e. The standard InChI is InChI=1S/C10H12O5/c1-5-3-8(12)6(4-7(5)11)9(13)10(14)15-2/h3-4,9,11-13H,1-2H3. The Balaban J connectivity index is 3.14. The lowest BCUT2D eigenvalue weighted by Gasteiger charge is -2.11. The monoisotopic (exact) mass is 212 g/mol. The zero-order valence-corrected chi connectivity index (χ0v) is 8.39. The van der Waals surface area contributed by atoms with E-state index in [1.165, 1.54) is 6.07 Å². The first kappa shape index (κ1) is 11.3. The fourth-order valence-electron chi connectivity index (χ4n) is 1.16. The molecule has 5 heteroatoms. The normalized spacial score (nSPS) is 12.2. The van der Waals surface area contributed by atoms with Crippen molar-refractivity contribution in [3.05, 3.63) is 23.3 Å². The summed E-state index contributed by atoms with van der Waals surface area (Å²) < 4.78 is 4.31. The van der Waals surface area contributed by atoms with E-state index in [2.05, 4.69) is 4.74 Å². The van der Waals surface area contributed by atoms with E-state index in [4.69, 9.17) is 0 Å². The van der Waals surface area contributed by atoms with Crippen LogP contribution in [0.3, 0.4) is 0 Å². The van der Waals surface area contributed by atoms with Gasteiger partial charge in [0.25, 0.3) is 0 Å². The van der Waals surface area contributed by atoms with Crippen LogP contribution in [0.1, 0.15) is 17.2 Å². The highest BCUT2D eigenvalue weighted by atomic mass is 16.5. The minimum absolute atomic E-state index is 0.0787. The Morgan fingerprint density at radius 3 is 2.47 bits per heavy atom. The van der Waals surface area contributed by atoms with Gasteiger partial charge in [-0.1, -0.05) is 0 Å². The molecular formula is C10H12O5. The second-order valence-electron chi connectivity index (χ2n) is 3.12. The number of benzene rings is 1. The molecule has 0 aliphatic heterocycles. The number of phenolic OH excluding ortho intramolecular Hbond substituents is 2. The third-order valence-electron chi connectivity index (χ3n) is 2.06. The van der Waals surface area contributed by atoms with Crippen molar-refractivity contribution in [2.45, 2.75) is 13.0 Å². The van der Waals surface area contributed by atoms with Crippen LogP contribution >= 0.6 is 0 Å². The number of aryl methyl sites for hydroxylation is 1. The molecule has 0 saturated heterocycles. The number of rotatable bonds is 2. The summed E-state index contributed by atoms with van der Waals surface area (Å²) in [5.41, 5.74) is 0.373. The van der Waals surface area contributed by atoms with E-state index in [1.807, 2.05) is 0 Å². The lowest BCUT2D eigenvalue weighted by atomic mass is 10.1. The third-order valence-corrected chi connectivity index (χ3v) is 2.06. The molecule has 1 unspecified atom stereocenters. The maximum Gasteiger partial charge on any atom is 0.339 e. The molecule has 15 heavy (non-hydrogen) atoms. The number of carbonyl (C=O) groups is 1. The van der Waals surface area contributed by atoms with Gasteiger partial charge in [0, 0.05) is 5.56 Å². The van der Waals surface area contributed by atoms with E-state index in [-0.39, 0.29) is 17.1 Å². The first-order valence-corrected chi connectivity index (χ1v) is 4.25. The van der Waals surface area contributed by atoms with Crippen molar-refractivity contribution in [1.82, 2.24) is 0 Å². The molecule has 0 amide bonds. The molecule has 0 aliphatic rings. The number of aromatic hydroxyl groups is 2. The van der Waals surface area contributed by atoms with E-state index in [9.17, 15) is 20.1 Å². The highest BCUT2D eigenvalue weighted by Crippen LogP contribution is 2.31. The van der Waals surface area contributed by atoms with Gasteiger partial charge in [-0.05, 0) is 24.6 Å². The van der Waals surface area contributed by atoms with Gasteiger partial charge in [0.15, 0.2) is 6.10 Å².